The van der Waals surface area contributed by atoms with Crippen LogP contribution in [-0.2, 0) is 38.1 Å². The molecule has 2 aromatic carbocycles. The van der Waals surface area contributed by atoms with E-state index in [9.17, 15) is 19.2 Å². The molecule has 10 heteroatoms. The van der Waals surface area contributed by atoms with Gasteiger partial charge in [0.1, 0.15) is 11.1 Å². The van der Waals surface area contributed by atoms with Crippen molar-refractivity contribution < 1.29 is 38.1 Å². The Morgan fingerprint density at radius 1 is 0.636 bits per heavy atom. The quantitative estimate of drug-likeness (QED) is 0.261. The molecule has 3 saturated heterocycles. The molecule has 44 heavy (non-hydrogen) atoms. The molecule has 3 heterocycles. The van der Waals surface area contributed by atoms with Gasteiger partial charge in [0.05, 0.1) is 0 Å². The second-order valence-electron chi connectivity index (χ2n) is 11.5. The van der Waals surface area contributed by atoms with E-state index in [0.29, 0.717) is 11.1 Å². The van der Waals surface area contributed by atoms with E-state index in [1.165, 1.54) is 25.0 Å². The van der Waals surface area contributed by atoms with E-state index < -0.39 is 35.5 Å². The number of esters is 4. The highest BCUT2D eigenvalue weighted by Crippen LogP contribution is 2.45. The first-order valence-corrected chi connectivity index (χ1v) is 15.3. The molecule has 0 unspecified atom stereocenters. The molecule has 0 atom stereocenters. The Labute approximate surface area is 256 Å². The van der Waals surface area contributed by atoms with E-state index >= 15 is 0 Å². The number of ether oxygens (including phenoxy) is 4. The number of nitrogens with zero attached hydrogens (tertiary/aromatic N) is 2. The lowest BCUT2D eigenvalue weighted by molar-refractivity contribution is -0.291. The number of rotatable bonds is 6. The predicted molar refractivity (Wildman–Crippen MR) is 162 cm³/mol. The number of carbonyl (C=O) groups excluding carboxylic acids is 4. The Kier molecular flexibility index (Phi) is 7.92. The molecular weight excluding hydrogens is 564 g/mol. The van der Waals surface area contributed by atoms with E-state index in [1.807, 2.05) is 48.5 Å². The summed E-state index contributed by atoms with van der Waals surface area (Å²) in [4.78, 5) is 56.3. The third kappa shape index (κ3) is 5.80. The Morgan fingerprint density at radius 3 is 1.41 bits per heavy atom. The zero-order chi connectivity index (χ0) is 30.9. The van der Waals surface area contributed by atoms with Crippen LogP contribution >= 0.6 is 0 Å². The van der Waals surface area contributed by atoms with Crippen LogP contribution in [0.25, 0.3) is 12.2 Å². The molecule has 0 bridgehead atoms. The van der Waals surface area contributed by atoms with Gasteiger partial charge >= 0.3 is 23.9 Å². The van der Waals surface area contributed by atoms with Crippen molar-refractivity contribution in [3.05, 3.63) is 70.8 Å². The highest BCUT2D eigenvalue weighted by atomic mass is 16.8. The predicted octanol–water partition coefficient (Wildman–Crippen LogP) is 4.77. The van der Waals surface area contributed by atoms with E-state index in [1.54, 1.807) is 0 Å². The van der Waals surface area contributed by atoms with Crippen molar-refractivity contribution in [1.29, 1.82) is 0 Å². The van der Waals surface area contributed by atoms with Gasteiger partial charge in [-0.1, -0.05) is 24.3 Å². The van der Waals surface area contributed by atoms with Crippen molar-refractivity contribution in [2.45, 2.75) is 63.9 Å². The van der Waals surface area contributed by atoms with Crippen LogP contribution in [0.1, 0.15) is 63.5 Å². The van der Waals surface area contributed by atoms with Gasteiger partial charge in [0.25, 0.3) is 11.6 Å². The molecule has 4 fully saturated rings. The molecule has 10 nitrogen and oxygen atoms in total. The van der Waals surface area contributed by atoms with Crippen LogP contribution < -0.4 is 9.80 Å². The van der Waals surface area contributed by atoms with Gasteiger partial charge < -0.3 is 28.7 Å². The molecule has 2 spiro atoms. The summed E-state index contributed by atoms with van der Waals surface area (Å²) in [5.74, 6) is -6.17. The van der Waals surface area contributed by atoms with E-state index in [4.69, 9.17) is 18.9 Å². The summed E-state index contributed by atoms with van der Waals surface area (Å²) in [6.07, 6.45) is 5.28. The fourth-order valence-electron chi connectivity index (χ4n) is 6.22. The molecule has 0 radical (unpaired) electrons. The fraction of sp³-hybridized carbons (Fsp3) is 0.412. The standard InChI is InChI=1S/C34H36N2O8/c1-3-35(4-2)25-11-7-23(8-12-25)21-27-29(37)41-33(42-30(27)38)15-17-34(18-16-33)43-31(39)28(32(40)44-34)22-24-9-13-26(14-10-24)36-19-5-6-20-36/h7-14,21-22H,3-6,15-20H2,1-2H3. The summed E-state index contributed by atoms with van der Waals surface area (Å²) in [7, 11) is 0. The molecule has 4 aliphatic rings. The normalized spacial score (nSPS) is 25.0. The minimum atomic E-state index is -1.52. The van der Waals surface area contributed by atoms with Crippen LogP contribution in [0.5, 0.6) is 0 Å². The van der Waals surface area contributed by atoms with E-state index in [2.05, 4.69) is 23.6 Å². The molecule has 0 N–H and O–H groups in total. The third-order valence-corrected chi connectivity index (χ3v) is 8.78. The molecule has 230 valence electrons. The third-order valence-electron chi connectivity index (χ3n) is 8.78. The van der Waals surface area contributed by atoms with Gasteiger partial charge in [0.2, 0.25) is 0 Å². The summed E-state index contributed by atoms with van der Waals surface area (Å²) < 4.78 is 22.6. The Hall–Kier alpha value is -4.60. The van der Waals surface area contributed by atoms with E-state index in [-0.39, 0.29) is 36.8 Å². The smallest absolute Gasteiger partial charge is 0.348 e. The molecule has 0 amide bonds. The minimum absolute atomic E-state index is 0.00783. The van der Waals surface area contributed by atoms with Crippen molar-refractivity contribution >= 4 is 47.4 Å². The minimum Gasteiger partial charge on any atom is -0.419 e. The zero-order valence-electron chi connectivity index (χ0n) is 25.0. The summed E-state index contributed by atoms with van der Waals surface area (Å²) >= 11 is 0. The van der Waals surface area contributed by atoms with Crippen LogP contribution in [0.2, 0.25) is 0 Å². The number of benzene rings is 2. The van der Waals surface area contributed by atoms with Crippen molar-refractivity contribution in [2.24, 2.45) is 0 Å². The van der Waals surface area contributed by atoms with Crippen LogP contribution in [0.15, 0.2) is 59.7 Å². The first-order chi connectivity index (χ1) is 21.2. The van der Waals surface area contributed by atoms with Gasteiger partial charge in [0.15, 0.2) is 0 Å². The van der Waals surface area contributed by atoms with Gasteiger partial charge in [-0.15, -0.1) is 0 Å². The SMILES string of the molecule is CCN(CC)c1ccc(C=C2C(=O)OC3(CCC4(CC3)OC(=O)C(=Cc3ccc(N5CCCC5)cc3)C(=O)O4)OC2=O)cc1. The maximum Gasteiger partial charge on any atom is 0.348 e. The van der Waals surface area contributed by atoms with Gasteiger partial charge in [0, 0.05) is 63.2 Å². The first-order valence-electron chi connectivity index (χ1n) is 15.3. The maximum absolute atomic E-state index is 13.0. The topological polar surface area (TPSA) is 112 Å². The number of hydrogen-bond donors (Lipinski definition) is 0. The first kappa shape index (κ1) is 29.5. The van der Waals surface area contributed by atoms with Crippen molar-refractivity contribution in [3.8, 4) is 0 Å². The largest absolute Gasteiger partial charge is 0.419 e. The zero-order valence-corrected chi connectivity index (χ0v) is 25.0. The number of carbonyl (C=O) groups is 4. The van der Waals surface area contributed by atoms with Crippen molar-refractivity contribution in [1.82, 2.24) is 0 Å². The molecular formula is C34H36N2O8. The highest BCUT2D eigenvalue weighted by molar-refractivity contribution is 6.19. The Morgan fingerprint density at radius 2 is 1.02 bits per heavy atom. The van der Waals surface area contributed by atoms with Crippen LogP contribution in [0.3, 0.4) is 0 Å². The second-order valence-corrected chi connectivity index (χ2v) is 11.5. The van der Waals surface area contributed by atoms with Crippen LogP contribution in [0.4, 0.5) is 11.4 Å². The maximum atomic E-state index is 13.0. The fourth-order valence-corrected chi connectivity index (χ4v) is 6.22. The van der Waals surface area contributed by atoms with Gasteiger partial charge in [-0.05, 0) is 74.2 Å². The van der Waals surface area contributed by atoms with Gasteiger partial charge in [-0.3, -0.25) is 0 Å². The summed E-state index contributed by atoms with van der Waals surface area (Å²) in [6.45, 7) is 7.91. The number of hydrogen-bond acceptors (Lipinski definition) is 10. The van der Waals surface area contributed by atoms with Crippen molar-refractivity contribution in [3.63, 3.8) is 0 Å². The lowest BCUT2D eigenvalue weighted by Gasteiger charge is -2.46. The summed E-state index contributed by atoms with van der Waals surface area (Å²) in [5.41, 5.74) is 3.09. The lowest BCUT2D eigenvalue weighted by atomic mass is 9.87. The lowest BCUT2D eigenvalue weighted by Crippen LogP contribution is -2.56. The molecule has 3 aliphatic heterocycles. The van der Waals surface area contributed by atoms with Crippen molar-refractivity contribution in [2.75, 3.05) is 36.0 Å². The molecule has 1 saturated carbocycles. The average molecular weight is 601 g/mol. The van der Waals surface area contributed by atoms with E-state index in [0.717, 1.165) is 37.6 Å². The molecule has 6 rings (SSSR count). The highest BCUT2D eigenvalue weighted by Gasteiger charge is 2.56. The molecule has 2 aromatic rings. The van der Waals surface area contributed by atoms with Crippen LogP contribution in [0, 0.1) is 0 Å². The number of anilines is 2. The monoisotopic (exact) mass is 600 g/mol. The Bertz CT molecular complexity index is 1360. The Balaban J connectivity index is 1.08. The molecule has 1 aliphatic carbocycles. The average Bonchev–Trinajstić information content (AvgIpc) is 3.56. The summed E-state index contributed by atoms with van der Waals surface area (Å²) in [5, 5.41) is 0. The van der Waals surface area contributed by atoms with Gasteiger partial charge in [-0.25, -0.2) is 19.2 Å². The summed E-state index contributed by atoms with van der Waals surface area (Å²) in [6, 6.07) is 15.2. The molecule has 0 aromatic heterocycles. The van der Waals surface area contributed by atoms with Gasteiger partial charge in [-0.2, -0.15) is 0 Å². The second kappa shape index (κ2) is 11.8. The van der Waals surface area contributed by atoms with Crippen LogP contribution in [-0.4, -0.2) is 61.6 Å².